The van der Waals surface area contributed by atoms with Crippen LogP contribution in [0.3, 0.4) is 0 Å². The van der Waals surface area contributed by atoms with E-state index in [2.05, 4.69) is 15.5 Å². The lowest BCUT2D eigenvalue weighted by molar-refractivity contribution is -0.117. The van der Waals surface area contributed by atoms with Crippen LogP contribution < -0.4 is 9.62 Å². The van der Waals surface area contributed by atoms with Gasteiger partial charge >= 0.3 is 0 Å². The van der Waals surface area contributed by atoms with E-state index in [1.807, 2.05) is 13.8 Å². The summed E-state index contributed by atoms with van der Waals surface area (Å²) < 4.78 is 26.7. The molecule has 1 heterocycles. The molecule has 1 aromatic heterocycles. The van der Waals surface area contributed by atoms with Crippen LogP contribution in [-0.2, 0) is 14.8 Å². The SMILES string of the molecule is CCSc1nnc(NC(=O)[C@H](CC)N(c2ccc(C)c(Cl)c2)S(C)(=O)=O)s1. The predicted molar refractivity (Wildman–Crippen MR) is 113 cm³/mol. The number of benzene rings is 1. The van der Waals surface area contributed by atoms with Gasteiger partial charge in [0, 0.05) is 5.02 Å². The number of amides is 1. The lowest BCUT2D eigenvalue weighted by atomic mass is 10.1. The van der Waals surface area contributed by atoms with Crippen molar-refractivity contribution in [2.75, 3.05) is 21.6 Å². The summed E-state index contributed by atoms with van der Waals surface area (Å²) in [6, 6.07) is 3.97. The Labute approximate surface area is 172 Å². The van der Waals surface area contributed by atoms with Gasteiger partial charge in [0.05, 0.1) is 11.9 Å². The molecule has 11 heteroatoms. The molecule has 0 saturated carbocycles. The molecule has 0 bridgehead atoms. The van der Waals surface area contributed by atoms with Crippen LogP contribution in [0.25, 0.3) is 0 Å². The number of hydrogen-bond donors (Lipinski definition) is 1. The van der Waals surface area contributed by atoms with Gasteiger partial charge in [0.2, 0.25) is 21.1 Å². The Morgan fingerprint density at radius 1 is 1.37 bits per heavy atom. The van der Waals surface area contributed by atoms with Crippen LogP contribution in [0.1, 0.15) is 25.8 Å². The third kappa shape index (κ3) is 5.56. The molecule has 27 heavy (non-hydrogen) atoms. The average molecular weight is 449 g/mol. The van der Waals surface area contributed by atoms with Crippen molar-refractivity contribution in [3.63, 3.8) is 0 Å². The normalized spacial score (nSPS) is 12.6. The number of nitrogens with zero attached hydrogens (tertiary/aromatic N) is 3. The van der Waals surface area contributed by atoms with Crippen molar-refractivity contribution in [1.29, 1.82) is 0 Å². The first-order chi connectivity index (χ1) is 12.7. The second-order valence-electron chi connectivity index (χ2n) is 5.71. The van der Waals surface area contributed by atoms with E-state index in [1.165, 1.54) is 23.1 Å². The Hall–Kier alpha value is -1.36. The van der Waals surface area contributed by atoms with Gasteiger partial charge in [-0.3, -0.25) is 14.4 Å². The van der Waals surface area contributed by atoms with Gasteiger partial charge in [-0.2, -0.15) is 0 Å². The second kappa shape index (κ2) is 9.22. The van der Waals surface area contributed by atoms with Crippen molar-refractivity contribution >= 4 is 61.4 Å². The summed E-state index contributed by atoms with van der Waals surface area (Å²) in [5.74, 6) is 0.375. The Balaban J connectivity index is 2.33. The van der Waals surface area contributed by atoms with Crippen molar-refractivity contribution < 1.29 is 13.2 Å². The summed E-state index contributed by atoms with van der Waals surface area (Å²) in [6.45, 7) is 5.56. The number of hydrogen-bond acceptors (Lipinski definition) is 7. The summed E-state index contributed by atoms with van der Waals surface area (Å²) >= 11 is 8.93. The zero-order valence-corrected chi connectivity index (χ0v) is 18.6. The minimum atomic E-state index is -3.72. The maximum atomic E-state index is 12.8. The molecule has 7 nitrogen and oxygen atoms in total. The largest absolute Gasteiger partial charge is 0.299 e. The summed E-state index contributed by atoms with van der Waals surface area (Å²) in [7, 11) is -3.72. The van der Waals surface area contributed by atoms with Crippen LogP contribution in [0.2, 0.25) is 5.02 Å². The van der Waals surface area contributed by atoms with Crippen LogP contribution in [-0.4, -0.2) is 42.6 Å². The first-order valence-electron chi connectivity index (χ1n) is 8.20. The standard InChI is InChI=1S/C16H21ClN4O3S3/c1-5-13(14(22)18-15-19-20-16(26-15)25-6-2)21(27(4,23)24)11-8-7-10(3)12(17)9-11/h7-9,13H,5-6H2,1-4H3,(H,18,19,22)/t13-/m0/s1. The number of sulfonamides is 1. The quantitative estimate of drug-likeness (QED) is 0.487. The van der Waals surface area contributed by atoms with E-state index < -0.39 is 22.0 Å². The molecule has 0 spiro atoms. The summed E-state index contributed by atoms with van der Waals surface area (Å²) in [5.41, 5.74) is 1.16. The first-order valence-corrected chi connectivity index (χ1v) is 12.2. The fourth-order valence-electron chi connectivity index (χ4n) is 2.41. The smallest absolute Gasteiger partial charge is 0.250 e. The number of carbonyl (C=O) groups excluding carboxylic acids is 1. The molecule has 1 amide bonds. The number of thioether (sulfide) groups is 1. The number of nitrogens with one attached hydrogen (secondary N) is 1. The third-order valence-corrected chi connectivity index (χ3v) is 7.09. The Kier molecular flexibility index (Phi) is 7.49. The number of carbonyl (C=O) groups is 1. The van der Waals surface area contributed by atoms with E-state index >= 15 is 0 Å². The third-order valence-electron chi connectivity index (χ3n) is 3.64. The minimum absolute atomic E-state index is 0.278. The second-order valence-corrected chi connectivity index (χ2v) is 10.5. The fraction of sp³-hybridized carbons (Fsp3) is 0.438. The van der Waals surface area contributed by atoms with Gasteiger partial charge in [-0.25, -0.2) is 8.42 Å². The average Bonchev–Trinajstić information content (AvgIpc) is 3.01. The molecular weight excluding hydrogens is 428 g/mol. The van der Waals surface area contributed by atoms with E-state index in [1.54, 1.807) is 25.1 Å². The molecule has 0 fully saturated rings. The van der Waals surface area contributed by atoms with Crippen molar-refractivity contribution in [3.8, 4) is 0 Å². The highest BCUT2D eigenvalue weighted by atomic mass is 35.5. The van der Waals surface area contributed by atoms with Gasteiger partial charge in [0.1, 0.15) is 6.04 Å². The van der Waals surface area contributed by atoms with Crippen molar-refractivity contribution in [3.05, 3.63) is 28.8 Å². The van der Waals surface area contributed by atoms with Crippen LogP contribution in [0.15, 0.2) is 22.5 Å². The zero-order valence-electron chi connectivity index (χ0n) is 15.4. The highest BCUT2D eigenvalue weighted by Crippen LogP contribution is 2.29. The number of rotatable bonds is 8. The number of aromatic nitrogens is 2. The monoisotopic (exact) mass is 448 g/mol. The van der Waals surface area contributed by atoms with Gasteiger partial charge in [0.15, 0.2) is 4.34 Å². The van der Waals surface area contributed by atoms with Gasteiger partial charge in [-0.1, -0.05) is 54.6 Å². The van der Waals surface area contributed by atoms with Crippen LogP contribution in [0.4, 0.5) is 10.8 Å². The van der Waals surface area contributed by atoms with E-state index in [4.69, 9.17) is 11.6 Å². The van der Waals surface area contributed by atoms with Crippen LogP contribution in [0.5, 0.6) is 0 Å². The van der Waals surface area contributed by atoms with Gasteiger partial charge in [-0.05, 0) is 36.8 Å². The molecule has 0 unspecified atom stereocenters. The molecule has 0 aliphatic heterocycles. The molecule has 1 atom stereocenters. The minimum Gasteiger partial charge on any atom is -0.299 e. The zero-order chi connectivity index (χ0) is 20.2. The van der Waals surface area contributed by atoms with Gasteiger partial charge in [0.25, 0.3) is 0 Å². The fourth-order valence-corrected chi connectivity index (χ4v) is 5.44. The van der Waals surface area contributed by atoms with Crippen LogP contribution >= 0.6 is 34.7 Å². The van der Waals surface area contributed by atoms with E-state index in [0.29, 0.717) is 15.8 Å². The molecule has 0 aliphatic rings. The highest BCUT2D eigenvalue weighted by Gasteiger charge is 2.32. The molecule has 2 rings (SSSR count). The van der Waals surface area contributed by atoms with E-state index in [9.17, 15) is 13.2 Å². The molecule has 1 N–H and O–H groups in total. The topological polar surface area (TPSA) is 92.3 Å². The Morgan fingerprint density at radius 3 is 2.63 bits per heavy atom. The van der Waals surface area contributed by atoms with Crippen LogP contribution in [0, 0.1) is 6.92 Å². The molecule has 148 valence electrons. The van der Waals surface area contributed by atoms with Crippen molar-refractivity contribution in [1.82, 2.24) is 10.2 Å². The number of halogens is 1. The molecule has 2 aromatic rings. The van der Waals surface area contributed by atoms with Crippen molar-refractivity contribution in [2.45, 2.75) is 37.6 Å². The molecule has 0 aliphatic carbocycles. The number of aryl methyl sites for hydroxylation is 1. The summed E-state index contributed by atoms with van der Waals surface area (Å²) in [5, 5.41) is 11.4. The molecule has 1 aromatic carbocycles. The number of anilines is 2. The first kappa shape index (κ1) is 21.9. The van der Waals surface area contributed by atoms with Crippen molar-refractivity contribution in [2.24, 2.45) is 0 Å². The molecular formula is C16H21ClN4O3S3. The van der Waals surface area contributed by atoms with Gasteiger partial charge < -0.3 is 0 Å². The Bertz CT molecular complexity index is 917. The summed E-state index contributed by atoms with van der Waals surface area (Å²) in [6.07, 6.45) is 1.34. The highest BCUT2D eigenvalue weighted by molar-refractivity contribution is 8.01. The lowest BCUT2D eigenvalue weighted by Crippen LogP contribution is -2.47. The predicted octanol–water partition coefficient (Wildman–Crippen LogP) is 3.80. The maximum Gasteiger partial charge on any atom is 0.250 e. The lowest BCUT2D eigenvalue weighted by Gasteiger charge is -2.30. The Morgan fingerprint density at radius 2 is 2.07 bits per heavy atom. The molecule has 0 saturated heterocycles. The van der Waals surface area contributed by atoms with E-state index in [-0.39, 0.29) is 6.42 Å². The summed E-state index contributed by atoms with van der Waals surface area (Å²) in [4.78, 5) is 12.8. The maximum absolute atomic E-state index is 12.8. The van der Waals surface area contributed by atoms with Gasteiger partial charge in [-0.15, -0.1) is 10.2 Å². The van der Waals surface area contributed by atoms with E-state index in [0.717, 1.165) is 26.2 Å². The molecule has 0 radical (unpaired) electrons.